The topological polar surface area (TPSA) is 140 Å². The lowest BCUT2D eigenvalue weighted by Gasteiger charge is -2.45. The summed E-state index contributed by atoms with van der Waals surface area (Å²) >= 11 is 6.06. The van der Waals surface area contributed by atoms with E-state index in [0.29, 0.717) is 37.4 Å². The van der Waals surface area contributed by atoms with Crippen LogP contribution in [0.1, 0.15) is 25.7 Å². The molecule has 0 aliphatic carbocycles. The van der Waals surface area contributed by atoms with Crippen LogP contribution in [0.4, 0.5) is 5.69 Å². The number of carbonyl (C=O) groups excluding carboxylic acids is 2. The highest BCUT2D eigenvalue weighted by molar-refractivity contribution is 7.89. The summed E-state index contributed by atoms with van der Waals surface area (Å²) in [5.74, 6) is -1.51. The zero-order valence-corrected chi connectivity index (χ0v) is 25.2. The lowest BCUT2D eigenvalue weighted by Crippen LogP contribution is -2.59. The first kappa shape index (κ1) is 30.7. The van der Waals surface area contributed by atoms with Crippen molar-refractivity contribution in [3.63, 3.8) is 0 Å². The van der Waals surface area contributed by atoms with Gasteiger partial charge >= 0.3 is 5.97 Å². The summed E-state index contributed by atoms with van der Waals surface area (Å²) in [6, 6.07) is 13.8. The summed E-state index contributed by atoms with van der Waals surface area (Å²) in [4.78, 5) is 45.8. The maximum absolute atomic E-state index is 13.6. The zero-order valence-electron chi connectivity index (χ0n) is 23.6. The maximum atomic E-state index is 13.6. The molecule has 5 rings (SSSR count). The van der Waals surface area contributed by atoms with Crippen molar-refractivity contribution < 1.29 is 27.9 Å². The van der Waals surface area contributed by atoms with Crippen molar-refractivity contribution in [1.29, 1.82) is 0 Å². The van der Waals surface area contributed by atoms with E-state index in [1.165, 1.54) is 10.4 Å². The number of piperazine rings is 1. The van der Waals surface area contributed by atoms with E-state index in [9.17, 15) is 22.8 Å². The molecule has 2 amide bonds. The summed E-state index contributed by atoms with van der Waals surface area (Å²) < 4.78 is 28.2. The second-order valence-electron chi connectivity index (χ2n) is 11.0. The molecule has 11 nitrogen and oxygen atoms in total. The van der Waals surface area contributed by atoms with Gasteiger partial charge in [0.1, 0.15) is 0 Å². The lowest BCUT2D eigenvalue weighted by atomic mass is 9.76. The van der Waals surface area contributed by atoms with Crippen LogP contribution in [-0.4, -0.2) is 91.3 Å². The molecule has 0 atom stereocenters. The van der Waals surface area contributed by atoms with Crippen LogP contribution in [-0.2, 0) is 24.4 Å². The normalized spacial score (nSPS) is 17.7. The summed E-state index contributed by atoms with van der Waals surface area (Å²) in [5, 5.41) is 13.9. The van der Waals surface area contributed by atoms with Gasteiger partial charge in [-0.25, -0.2) is 8.42 Å². The van der Waals surface area contributed by atoms with E-state index in [1.54, 1.807) is 47.6 Å². The van der Waals surface area contributed by atoms with Gasteiger partial charge in [-0.15, -0.1) is 0 Å². The second-order valence-corrected chi connectivity index (χ2v) is 13.4. The number of pyridine rings is 1. The SMILES string of the molecule is O=C(O)CCCNC(=O)C1(CN2CCN(S(=O)(=O)c3ccc4cc(Cl)ccc4c3)CC2=O)CCN(c2ccncc2)CC1. The Labute approximate surface area is 255 Å². The van der Waals surface area contributed by atoms with Gasteiger partial charge in [-0.2, -0.15) is 4.31 Å². The molecular formula is C30H34ClN5O6S. The van der Waals surface area contributed by atoms with Crippen LogP contribution >= 0.6 is 11.6 Å². The van der Waals surface area contributed by atoms with Gasteiger partial charge in [0, 0.05) is 68.8 Å². The Morgan fingerprint density at radius 2 is 1.67 bits per heavy atom. The number of nitrogens with one attached hydrogen (secondary N) is 1. The number of rotatable bonds is 10. The number of amides is 2. The molecule has 2 aliphatic heterocycles. The molecule has 0 radical (unpaired) electrons. The molecule has 2 fully saturated rings. The number of hydrogen-bond acceptors (Lipinski definition) is 7. The van der Waals surface area contributed by atoms with Gasteiger partial charge in [0.2, 0.25) is 21.8 Å². The quantitative estimate of drug-likeness (QED) is 0.327. The number of aliphatic carboxylic acids is 1. The predicted octanol–water partition coefficient (Wildman–Crippen LogP) is 2.99. The summed E-state index contributed by atoms with van der Waals surface area (Å²) in [6.07, 6.45) is 4.64. The van der Waals surface area contributed by atoms with Crippen LogP contribution in [0.3, 0.4) is 0 Å². The first-order chi connectivity index (χ1) is 20.6. The average Bonchev–Trinajstić information content (AvgIpc) is 3.00. The molecule has 2 saturated heterocycles. The third-order valence-corrected chi connectivity index (χ3v) is 10.3. The van der Waals surface area contributed by atoms with E-state index in [-0.39, 0.29) is 55.9 Å². The fraction of sp³-hybridized carbons (Fsp3) is 0.400. The molecule has 3 aromatic rings. The van der Waals surface area contributed by atoms with Crippen molar-refractivity contribution in [3.8, 4) is 0 Å². The number of carboxylic acids is 1. The van der Waals surface area contributed by atoms with Crippen molar-refractivity contribution in [2.45, 2.75) is 30.6 Å². The highest BCUT2D eigenvalue weighted by Crippen LogP contribution is 2.36. The van der Waals surface area contributed by atoms with Gasteiger partial charge < -0.3 is 20.2 Å². The standard InChI is InChI=1S/C30H34ClN5O6S/c31-24-5-3-23-19-26(6-4-22(23)18-24)43(41,42)36-17-16-35(27(37)20-36)21-30(29(40)33-11-1-2-28(38)39)9-14-34(15-10-30)25-7-12-32-13-8-25/h3-8,12-13,18-19H,1-2,9-11,14-17,20-21H2,(H,33,40)(H,38,39). The minimum Gasteiger partial charge on any atom is -0.481 e. The number of halogens is 1. The number of carbonyl (C=O) groups is 3. The van der Waals surface area contributed by atoms with E-state index in [4.69, 9.17) is 16.7 Å². The molecule has 2 aliphatic rings. The van der Waals surface area contributed by atoms with Crippen molar-refractivity contribution in [2.24, 2.45) is 5.41 Å². The monoisotopic (exact) mass is 627 g/mol. The van der Waals surface area contributed by atoms with Crippen LogP contribution in [0.2, 0.25) is 5.02 Å². The smallest absolute Gasteiger partial charge is 0.303 e. The molecule has 0 spiro atoms. The van der Waals surface area contributed by atoms with Crippen LogP contribution in [0.5, 0.6) is 0 Å². The molecule has 3 heterocycles. The van der Waals surface area contributed by atoms with Crippen molar-refractivity contribution in [3.05, 3.63) is 65.9 Å². The molecule has 0 saturated carbocycles. The van der Waals surface area contributed by atoms with Crippen LogP contribution in [0, 0.1) is 5.41 Å². The summed E-state index contributed by atoms with van der Waals surface area (Å²) in [5.41, 5.74) is 0.112. The minimum atomic E-state index is -3.93. The third-order valence-electron chi connectivity index (χ3n) is 8.27. The Kier molecular flexibility index (Phi) is 9.19. The highest BCUT2D eigenvalue weighted by atomic mass is 35.5. The number of benzene rings is 2. The van der Waals surface area contributed by atoms with E-state index in [2.05, 4.69) is 15.2 Å². The lowest BCUT2D eigenvalue weighted by molar-refractivity contribution is -0.142. The summed E-state index contributed by atoms with van der Waals surface area (Å²) in [7, 11) is -3.93. The van der Waals surface area contributed by atoms with E-state index in [0.717, 1.165) is 16.5 Å². The molecule has 2 aromatic carbocycles. The van der Waals surface area contributed by atoms with Crippen molar-refractivity contribution in [2.75, 3.05) is 50.7 Å². The average molecular weight is 628 g/mol. The fourth-order valence-electron chi connectivity index (χ4n) is 5.76. The number of piperidine rings is 1. The van der Waals surface area contributed by atoms with E-state index in [1.807, 2.05) is 12.1 Å². The van der Waals surface area contributed by atoms with Gasteiger partial charge in [0.05, 0.1) is 16.9 Å². The predicted molar refractivity (Wildman–Crippen MR) is 162 cm³/mol. The molecule has 228 valence electrons. The number of nitrogens with zero attached hydrogens (tertiary/aromatic N) is 4. The first-order valence-corrected chi connectivity index (χ1v) is 16.0. The van der Waals surface area contributed by atoms with Gasteiger partial charge in [-0.05, 0) is 66.4 Å². The Morgan fingerprint density at radius 3 is 2.37 bits per heavy atom. The maximum Gasteiger partial charge on any atom is 0.303 e. The van der Waals surface area contributed by atoms with Crippen LogP contribution in [0.15, 0.2) is 65.8 Å². The van der Waals surface area contributed by atoms with Gasteiger partial charge in [-0.3, -0.25) is 19.4 Å². The Balaban J connectivity index is 1.28. The van der Waals surface area contributed by atoms with Crippen molar-refractivity contribution >= 4 is 55.9 Å². The van der Waals surface area contributed by atoms with Crippen LogP contribution < -0.4 is 10.2 Å². The Morgan fingerprint density at radius 1 is 0.977 bits per heavy atom. The van der Waals surface area contributed by atoms with Gasteiger partial charge in [-0.1, -0.05) is 23.7 Å². The zero-order chi connectivity index (χ0) is 30.6. The second kappa shape index (κ2) is 12.9. The minimum absolute atomic E-state index is 0.0526. The largest absolute Gasteiger partial charge is 0.481 e. The molecule has 13 heteroatoms. The third kappa shape index (κ3) is 6.92. The molecule has 43 heavy (non-hydrogen) atoms. The number of fused-ring (bicyclic) bond motifs is 1. The van der Waals surface area contributed by atoms with Gasteiger partial charge in [0.25, 0.3) is 0 Å². The number of anilines is 1. The Hall–Kier alpha value is -3.74. The molecule has 0 bridgehead atoms. The number of hydrogen-bond donors (Lipinski definition) is 2. The van der Waals surface area contributed by atoms with E-state index >= 15 is 0 Å². The molecule has 2 N–H and O–H groups in total. The van der Waals surface area contributed by atoms with Gasteiger partial charge in [0.15, 0.2) is 0 Å². The van der Waals surface area contributed by atoms with Crippen LogP contribution in [0.25, 0.3) is 10.8 Å². The molecule has 1 aromatic heterocycles. The fourth-order valence-corrected chi connectivity index (χ4v) is 7.36. The summed E-state index contributed by atoms with van der Waals surface area (Å²) in [6.45, 7) is 1.49. The number of aromatic nitrogens is 1. The highest BCUT2D eigenvalue weighted by Gasteiger charge is 2.45. The first-order valence-electron chi connectivity index (χ1n) is 14.2. The Bertz CT molecular complexity index is 1610. The number of sulfonamides is 1. The molecule has 0 unspecified atom stereocenters. The number of carboxylic acid groups (broad SMARTS) is 1. The molecular weight excluding hydrogens is 594 g/mol. The van der Waals surface area contributed by atoms with E-state index < -0.39 is 21.4 Å². The van der Waals surface area contributed by atoms with Crippen molar-refractivity contribution in [1.82, 2.24) is 19.5 Å².